The largest absolute Gasteiger partial charge is 0.504 e. The van der Waals surface area contributed by atoms with Crippen LogP contribution >= 0.6 is 0 Å². The molecule has 2 rings (SSSR count). The number of benzene rings is 1. The van der Waals surface area contributed by atoms with Gasteiger partial charge in [0.15, 0.2) is 17.3 Å². The van der Waals surface area contributed by atoms with Gasteiger partial charge in [0.1, 0.15) is 0 Å². The Bertz CT molecular complexity index is 362. The predicted molar refractivity (Wildman–Crippen MR) is 54.3 cm³/mol. The summed E-state index contributed by atoms with van der Waals surface area (Å²) < 4.78 is 12.9. The van der Waals surface area contributed by atoms with E-state index in [1.165, 1.54) is 12.1 Å². The number of aromatic hydroxyl groups is 2. The van der Waals surface area contributed by atoms with Gasteiger partial charge in [-0.1, -0.05) is 12.5 Å². The molecule has 0 aromatic heterocycles. The van der Waals surface area contributed by atoms with Gasteiger partial charge in [-0.05, 0) is 25.5 Å². The Kier molecular flexibility index (Phi) is 2.77. The van der Waals surface area contributed by atoms with Gasteiger partial charge in [0.05, 0.1) is 0 Å². The molecule has 1 aliphatic rings. The van der Waals surface area contributed by atoms with E-state index in [1.54, 1.807) is 0 Å². The van der Waals surface area contributed by atoms with E-state index in [1.807, 2.05) is 0 Å². The van der Waals surface area contributed by atoms with Crippen molar-refractivity contribution in [1.29, 1.82) is 0 Å². The first kappa shape index (κ1) is 10.2. The van der Waals surface area contributed by atoms with Crippen LogP contribution in [0.1, 0.15) is 30.9 Å². The Morgan fingerprint density at radius 1 is 1.20 bits per heavy atom. The van der Waals surface area contributed by atoms with Crippen LogP contribution in [0.4, 0.5) is 4.39 Å². The van der Waals surface area contributed by atoms with Gasteiger partial charge in [-0.2, -0.15) is 0 Å². The fraction of sp³-hybridized carbons (Fsp3) is 0.455. The van der Waals surface area contributed by atoms with Gasteiger partial charge in [-0.25, -0.2) is 4.39 Å². The highest BCUT2D eigenvalue weighted by atomic mass is 19.1. The lowest BCUT2D eigenvalue weighted by Crippen LogP contribution is -2.26. The van der Waals surface area contributed by atoms with E-state index >= 15 is 0 Å². The molecule has 1 fully saturated rings. The molecule has 1 aromatic rings. The number of piperidine rings is 1. The Morgan fingerprint density at radius 2 is 2.00 bits per heavy atom. The van der Waals surface area contributed by atoms with Crippen LogP contribution < -0.4 is 5.32 Å². The van der Waals surface area contributed by atoms with Gasteiger partial charge >= 0.3 is 0 Å². The van der Waals surface area contributed by atoms with Crippen molar-refractivity contribution >= 4 is 0 Å². The molecule has 0 bridgehead atoms. The maximum absolute atomic E-state index is 12.9. The molecule has 15 heavy (non-hydrogen) atoms. The van der Waals surface area contributed by atoms with Crippen LogP contribution in [0.25, 0.3) is 0 Å². The maximum Gasteiger partial charge on any atom is 0.194 e. The van der Waals surface area contributed by atoms with Crippen LogP contribution in [0.15, 0.2) is 12.1 Å². The van der Waals surface area contributed by atoms with Crippen LogP contribution in [0, 0.1) is 5.82 Å². The van der Waals surface area contributed by atoms with Gasteiger partial charge in [-0.15, -0.1) is 0 Å². The van der Waals surface area contributed by atoms with Crippen LogP contribution in [0.2, 0.25) is 0 Å². The summed E-state index contributed by atoms with van der Waals surface area (Å²) in [4.78, 5) is 0. The summed E-state index contributed by atoms with van der Waals surface area (Å²) in [5, 5.41) is 22.1. The number of rotatable bonds is 1. The molecule has 1 saturated heterocycles. The summed E-state index contributed by atoms with van der Waals surface area (Å²) in [5.74, 6) is -1.78. The Labute approximate surface area is 87.6 Å². The van der Waals surface area contributed by atoms with Gasteiger partial charge in [-0.3, -0.25) is 0 Å². The minimum Gasteiger partial charge on any atom is -0.504 e. The molecule has 0 amide bonds. The first-order valence-corrected chi connectivity index (χ1v) is 5.14. The average Bonchev–Trinajstić information content (AvgIpc) is 2.27. The van der Waals surface area contributed by atoms with Gasteiger partial charge in [0.25, 0.3) is 0 Å². The van der Waals surface area contributed by atoms with E-state index in [0.717, 1.165) is 25.8 Å². The van der Waals surface area contributed by atoms with Crippen LogP contribution in [0.5, 0.6) is 11.5 Å². The van der Waals surface area contributed by atoms with E-state index in [0.29, 0.717) is 5.56 Å². The maximum atomic E-state index is 12.9. The number of halogens is 1. The number of phenols is 2. The second kappa shape index (κ2) is 4.06. The van der Waals surface area contributed by atoms with Crippen LogP contribution in [0.3, 0.4) is 0 Å². The number of phenolic OH excluding ortho intramolecular Hbond substituents is 2. The third kappa shape index (κ3) is 1.90. The Morgan fingerprint density at radius 3 is 2.67 bits per heavy atom. The topological polar surface area (TPSA) is 52.5 Å². The van der Waals surface area contributed by atoms with E-state index in [-0.39, 0.29) is 11.8 Å². The second-order valence-corrected chi connectivity index (χ2v) is 3.84. The van der Waals surface area contributed by atoms with Crippen molar-refractivity contribution < 1.29 is 14.6 Å². The summed E-state index contributed by atoms with van der Waals surface area (Å²) >= 11 is 0. The summed E-state index contributed by atoms with van der Waals surface area (Å²) in [6.07, 6.45) is 3.10. The number of nitrogens with one attached hydrogen (secondary N) is 1. The molecule has 1 aromatic carbocycles. The zero-order chi connectivity index (χ0) is 10.8. The summed E-state index contributed by atoms with van der Waals surface area (Å²) in [6, 6.07) is 2.72. The molecule has 3 N–H and O–H groups in total. The third-order valence-electron chi connectivity index (χ3n) is 2.82. The van der Waals surface area contributed by atoms with Gasteiger partial charge in [0.2, 0.25) is 0 Å². The minimum absolute atomic E-state index is 0.0187. The highest BCUT2D eigenvalue weighted by molar-refractivity contribution is 5.47. The van der Waals surface area contributed by atoms with E-state index < -0.39 is 11.6 Å². The van der Waals surface area contributed by atoms with E-state index in [4.69, 9.17) is 0 Å². The summed E-state index contributed by atoms with van der Waals surface area (Å²) in [5.41, 5.74) is 0.577. The average molecular weight is 211 g/mol. The molecule has 0 aliphatic carbocycles. The fourth-order valence-electron chi connectivity index (χ4n) is 1.97. The molecule has 1 heterocycles. The summed E-state index contributed by atoms with van der Waals surface area (Å²) in [7, 11) is 0. The van der Waals surface area contributed by atoms with Crippen molar-refractivity contribution in [3.8, 4) is 11.5 Å². The lowest BCUT2D eigenvalue weighted by atomic mass is 9.96. The standard InChI is InChI=1S/C11H14FNO2/c12-8-5-4-7(10(14)11(8)15)9-3-1-2-6-13-9/h4-5,9,13-15H,1-3,6H2. The lowest BCUT2D eigenvalue weighted by Gasteiger charge is -2.24. The molecule has 3 nitrogen and oxygen atoms in total. The molecule has 0 radical (unpaired) electrons. The van der Waals surface area contributed by atoms with Crippen LogP contribution in [-0.4, -0.2) is 16.8 Å². The number of hydrogen-bond donors (Lipinski definition) is 3. The van der Waals surface area contributed by atoms with Gasteiger partial charge in [0, 0.05) is 11.6 Å². The first-order chi connectivity index (χ1) is 7.20. The smallest absolute Gasteiger partial charge is 0.194 e. The highest BCUT2D eigenvalue weighted by Crippen LogP contribution is 2.37. The van der Waals surface area contributed by atoms with E-state index in [9.17, 15) is 14.6 Å². The fourth-order valence-corrected chi connectivity index (χ4v) is 1.97. The quantitative estimate of drug-likeness (QED) is 0.623. The van der Waals surface area contributed by atoms with Crippen molar-refractivity contribution in [2.24, 2.45) is 0 Å². The van der Waals surface area contributed by atoms with Crippen molar-refractivity contribution in [3.63, 3.8) is 0 Å². The molecule has 1 atom stereocenters. The second-order valence-electron chi connectivity index (χ2n) is 3.84. The normalized spacial score (nSPS) is 21.5. The third-order valence-corrected chi connectivity index (χ3v) is 2.82. The van der Waals surface area contributed by atoms with Crippen LogP contribution in [-0.2, 0) is 0 Å². The minimum atomic E-state index is -0.785. The predicted octanol–water partition coefficient (Wildman–Crippen LogP) is 2.05. The molecular formula is C11H14FNO2. The molecule has 0 saturated carbocycles. The van der Waals surface area contributed by atoms with Crippen molar-refractivity contribution in [1.82, 2.24) is 5.32 Å². The van der Waals surface area contributed by atoms with E-state index in [2.05, 4.69) is 5.32 Å². The highest BCUT2D eigenvalue weighted by Gasteiger charge is 2.21. The molecule has 1 aliphatic heterocycles. The molecular weight excluding hydrogens is 197 g/mol. The van der Waals surface area contributed by atoms with Crippen molar-refractivity contribution in [2.45, 2.75) is 25.3 Å². The number of hydrogen-bond acceptors (Lipinski definition) is 3. The SMILES string of the molecule is Oc1c(F)ccc(C2CCCCN2)c1O. The Hall–Kier alpha value is -1.29. The molecule has 4 heteroatoms. The molecule has 82 valence electrons. The molecule has 1 unspecified atom stereocenters. The molecule has 0 spiro atoms. The van der Waals surface area contributed by atoms with Crippen molar-refractivity contribution in [2.75, 3.05) is 6.54 Å². The monoisotopic (exact) mass is 211 g/mol. The first-order valence-electron chi connectivity index (χ1n) is 5.14. The zero-order valence-corrected chi connectivity index (χ0v) is 8.33. The Balaban J connectivity index is 2.31. The van der Waals surface area contributed by atoms with Crippen molar-refractivity contribution in [3.05, 3.63) is 23.5 Å². The summed E-state index contributed by atoms with van der Waals surface area (Å²) in [6.45, 7) is 0.891. The lowest BCUT2D eigenvalue weighted by molar-refractivity contribution is 0.355. The van der Waals surface area contributed by atoms with Gasteiger partial charge < -0.3 is 15.5 Å². The zero-order valence-electron chi connectivity index (χ0n) is 8.33.